The van der Waals surface area contributed by atoms with Gasteiger partial charge in [0.05, 0.1) is 19.0 Å². The van der Waals surface area contributed by atoms with E-state index in [0.717, 1.165) is 37.9 Å². The average molecular weight is 448 g/mol. The lowest BCUT2D eigenvalue weighted by molar-refractivity contribution is -0.542. The number of hydrogen-bond donors (Lipinski definition) is 2. The summed E-state index contributed by atoms with van der Waals surface area (Å²) < 4.78 is 7.55. The van der Waals surface area contributed by atoms with Crippen LogP contribution in [0.1, 0.15) is 88.5 Å². The van der Waals surface area contributed by atoms with Crippen LogP contribution in [0.25, 0.3) is 11.4 Å². The minimum atomic E-state index is 0. The third-order valence-electron chi connectivity index (χ3n) is 6.11. The zero-order valence-electron chi connectivity index (χ0n) is 18.9. The van der Waals surface area contributed by atoms with Crippen LogP contribution in [0, 0.1) is 0 Å². The van der Waals surface area contributed by atoms with Gasteiger partial charge < -0.3 is 16.9 Å². The Balaban J connectivity index is 0.00000341. The second kappa shape index (κ2) is 13.4. The summed E-state index contributed by atoms with van der Waals surface area (Å²) in [5, 5.41) is 4.20. The highest BCUT2D eigenvalue weighted by Crippen LogP contribution is 2.26. The van der Waals surface area contributed by atoms with Crippen LogP contribution >= 0.6 is 0 Å². The normalized spacial score (nSPS) is 16.2. The molecule has 1 atom stereocenters. The van der Waals surface area contributed by atoms with Gasteiger partial charge in [-0.05, 0) is 31.2 Å². The minimum Gasteiger partial charge on any atom is -1.00 e. The number of halogens is 1. The molecule has 0 aliphatic carbocycles. The molecule has 0 spiro atoms. The zero-order chi connectivity index (χ0) is 21.2. The van der Waals surface area contributed by atoms with Crippen LogP contribution in [0.2, 0.25) is 0 Å². The molecule has 0 bridgehead atoms. The molecule has 6 nitrogen and oxygen atoms in total. The Morgan fingerprint density at radius 3 is 2.39 bits per heavy atom. The number of rotatable bonds is 11. The lowest BCUT2D eigenvalue weighted by Gasteiger charge is -2.21. The maximum Gasteiger partial charge on any atom is 0.341 e. The molecule has 3 rings (SSSR count). The number of hydrogen-bond acceptors (Lipinski definition) is 3. The first-order valence-electron chi connectivity index (χ1n) is 11.7. The first kappa shape index (κ1) is 25.2. The minimum absolute atomic E-state index is 0. The molecule has 1 saturated heterocycles. The number of nitrogens with two attached hydrogens (primary N) is 2. The fourth-order valence-corrected chi connectivity index (χ4v) is 4.21. The van der Waals surface area contributed by atoms with Crippen LogP contribution in [0.5, 0.6) is 0 Å². The van der Waals surface area contributed by atoms with Crippen molar-refractivity contribution in [3.05, 3.63) is 35.7 Å². The molecule has 0 radical (unpaired) electrons. The molecule has 0 unspecified atom stereocenters. The Bertz CT molecular complexity index is 799. The van der Waals surface area contributed by atoms with Gasteiger partial charge in [0.25, 0.3) is 0 Å². The van der Waals surface area contributed by atoms with Crippen molar-refractivity contribution in [1.82, 2.24) is 10.1 Å². The molecule has 7 heteroatoms. The summed E-state index contributed by atoms with van der Waals surface area (Å²) in [6.07, 6.45) is 14.0. The van der Waals surface area contributed by atoms with Gasteiger partial charge >= 0.3 is 5.96 Å². The van der Waals surface area contributed by atoms with Crippen molar-refractivity contribution in [3.63, 3.8) is 0 Å². The SMILES string of the molecule is CCCCCCCCCCc1ccc(-c2noc([C@H]3CCC[N+](=C(N)N)C3)n2)cc1.[Cl-]. The van der Waals surface area contributed by atoms with E-state index in [1.54, 1.807) is 0 Å². The van der Waals surface area contributed by atoms with Crippen LogP contribution in [-0.2, 0) is 6.42 Å². The lowest BCUT2D eigenvalue weighted by Crippen LogP contribution is -3.00. The van der Waals surface area contributed by atoms with Gasteiger partial charge in [0, 0.05) is 5.56 Å². The predicted octanol–water partition coefficient (Wildman–Crippen LogP) is 1.59. The molecule has 0 amide bonds. The van der Waals surface area contributed by atoms with Crippen molar-refractivity contribution in [1.29, 1.82) is 0 Å². The monoisotopic (exact) mass is 447 g/mol. The van der Waals surface area contributed by atoms with Gasteiger partial charge in [0.15, 0.2) is 0 Å². The smallest absolute Gasteiger partial charge is 0.341 e. The molecular weight excluding hydrogens is 410 g/mol. The van der Waals surface area contributed by atoms with Crippen molar-refractivity contribution in [2.24, 2.45) is 11.5 Å². The van der Waals surface area contributed by atoms with E-state index in [1.165, 1.54) is 56.9 Å². The Morgan fingerprint density at radius 1 is 1.03 bits per heavy atom. The maximum atomic E-state index is 5.75. The standard InChI is InChI=1S/C24H37N5O.ClH/c1-2-3-4-5-6-7-8-9-11-19-13-15-20(16-14-19)22-27-23(30-28-22)21-12-10-17-29(18-21)24(25)26;/h13-16,21H,2-12,17-18H2,1H3,(H3,25,26);1H/t21-;/m0./s1. The fourth-order valence-electron chi connectivity index (χ4n) is 4.21. The molecule has 31 heavy (non-hydrogen) atoms. The van der Waals surface area contributed by atoms with Crippen LogP contribution < -0.4 is 23.9 Å². The lowest BCUT2D eigenvalue weighted by atomic mass is 9.99. The molecule has 1 aromatic heterocycles. The number of aromatic nitrogens is 2. The molecule has 1 aliphatic heterocycles. The van der Waals surface area contributed by atoms with E-state index in [4.69, 9.17) is 16.0 Å². The summed E-state index contributed by atoms with van der Waals surface area (Å²) in [5.41, 5.74) is 13.9. The van der Waals surface area contributed by atoms with Gasteiger partial charge in [0.1, 0.15) is 0 Å². The summed E-state index contributed by atoms with van der Waals surface area (Å²) in [6, 6.07) is 8.60. The second-order valence-electron chi connectivity index (χ2n) is 8.59. The maximum absolute atomic E-state index is 5.75. The highest BCUT2D eigenvalue weighted by molar-refractivity contribution is 5.70. The molecule has 1 aromatic carbocycles. The molecular formula is C24H38ClN5O. The molecule has 0 saturated carbocycles. The highest BCUT2D eigenvalue weighted by Gasteiger charge is 2.26. The third kappa shape index (κ3) is 7.84. The van der Waals surface area contributed by atoms with Crippen LogP contribution in [0.3, 0.4) is 0 Å². The van der Waals surface area contributed by atoms with Crippen molar-refractivity contribution >= 4 is 5.96 Å². The summed E-state index contributed by atoms with van der Waals surface area (Å²) in [4.78, 5) is 4.65. The van der Waals surface area contributed by atoms with Gasteiger partial charge in [0.2, 0.25) is 11.7 Å². The van der Waals surface area contributed by atoms with E-state index in [9.17, 15) is 0 Å². The summed E-state index contributed by atoms with van der Waals surface area (Å²) in [5.74, 6) is 1.89. The molecule has 4 N–H and O–H groups in total. The second-order valence-corrected chi connectivity index (χ2v) is 8.59. The quantitative estimate of drug-likeness (QED) is 0.310. The largest absolute Gasteiger partial charge is 1.00 e. The zero-order valence-corrected chi connectivity index (χ0v) is 19.6. The van der Waals surface area contributed by atoms with Crippen LogP contribution in [0.15, 0.2) is 28.8 Å². The van der Waals surface area contributed by atoms with Gasteiger partial charge in [-0.15, -0.1) is 0 Å². The fraction of sp³-hybridized carbons (Fsp3) is 0.625. The molecule has 172 valence electrons. The molecule has 2 heterocycles. The van der Waals surface area contributed by atoms with E-state index in [0.29, 0.717) is 17.7 Å². The summed E-state index contributed by atoms with van der Waals surface area (Å²) in [7, 11) is 0. The first-order valence-corrected chi connectivity index (χ1v) is 11.7. The van der Waals surface area contributed by atoms with E-state index in [-0.39, 0.29) is 18.3 Å². The van der Waals surface area contributed by atoms with Crippen molar-refractivity contribution in [2.75, 3.05) is 13.1 Å². The molecule has 1 fully saturated rings. The van der Waals surface area contributed by atoms with Gasteiger partial charge in [-0.2, -0.15) is 4.98 Å². The topological polar surface area (TPSA) is 94.0 Å². The summed E-state index contributed by atoms with van der Waals surface area (Å²) >= 11 is 0. The van der Waals surface area contributed by atoms with E-state index in [2.05, 4.69) is 41.3 Å². The molecule has 1 aliphatic rings. The Labute approximate surface area is 192 Å². The van der Waals surface area contributed by atoms with Crippen molar-refractivity contribution in [3.8, 4) is 11.4 Å². The van der Waals surface area contributed by atoms with Gasteiger partial charge in [-0.1, -0.05) is 81.3 Å². The average Bonchev–Trinajstić information content (AvgIpc) is 3.26. The van der Waals surface area contributed by atoms with E-state index >= 15 is 0 Å². The van der Waals surface area contributed by atoms with Crippen LogP contribution in [-0.4, -0.2) is 33.8 Å². The third-order valence-corrected chi connectivity index (χ3v) is 6.11. The number of benzene rings is 1. The Kier molecular flexibility index (Phi) is 10.9. The number of aryl methyl sites for hydroxylation is 1. The number of piperidine rings is 1. The van der Waals surface area contributed by atoms with Gasteiger partial charge in [-0.25, -0.2) is 0 Å². The number of unbranched alkanes of at least 4 members (excludes halogenated alkanes) is 7. The van der Waals surface area contributed by atoms with Crippen LogP contribution in [0.4, 0.5) is 0 Å². The van der Waals surface area contributed by atoms with Crippen molar-refractivity contribution < 1.29 is 21.5 Å². The van der Waals surface area contributed by atoms with E-state index < -0.39 is 0 Å². The number of guanidine groups is 1. The number of nitrogens with zero attached hydrogens (tertiary/aromatic N) is 3. The predicted molar refractivity (Wildman–Crippen MR) is 121 cm³/mol. The van der Waals surface area contributed by atoms with Gasteiger partial charge in [-0.3, -0.25) is 16.0 Å². The Morgan fingerprint density at radius 2 is 1.71 bits per heavy atom. The van der Waals surface area contributed by atoms with E-state index in [1.807, 2.05) is 4.58 Å². The van der Waals surface area contributed by atoms with Crippen molar-refractivity contribution in [2.45, 2.75) is 83.5 Å². The first-order chi connectivity index (χ1) is 14.7. The Hall–Kier alpha value is -2.08. The summed E-state index contributed by atoms with van der Waals surface area (Å²) in [6.45, 7) is 3.90. The highest BCUT2D eigenvalue weighted by atomic mass is 35.5. The molecule has 2 aromatic rings.